The van der Waals surface area contributed by atoms with Gasteiger partial charge in [0.1, 0.15) is 15.6 Å². The van der Waals surface area contributed by atoms with Crippen LogP contribution in [0.15, 0.2) is 0 Å². The third-order valence-corrected chi connectivity index (χ3v) is 6.61. The van der Waals surface area contributed by atoms with Gasteiger partial charge in [0.2, 0.25) is 0 Å². The molecule has 2 aliphatic rings. The Hall–Kier alpha value is -0.380. The van der Waals surface area contributed by atoms with E-state index in [1.165, 1.54) is 12.7 Å². The second-order valence-corrected chi connectivity index (χ2v) is 9.01. The Kier molecular flexibility index (Phi) is 4.70. The molecule has 0 aromatic rings. The van der Waals surface area contributed by atoms with Crippen molar-refractivity contribution in [3.63, 3.8) is 0 Å². The molecule has 2 rings (SSSR count). The minimum absolute atomic E-state index is 0.00350. The third-order valence-electron chi connectivity index (χ3n) is 4.97. The Morgan fingerprint density at radius 3 is 2.11 bits per heavy atom. The van der Waals surface area contributed by atoms with Crippen LogP contribution in [-0.2, 0) is 14.6 Å². The molecule has 2 aliphatic carbocycles. The Balaban J connectivity index is 1.99. The first-order chi connectivity index (χ1) is 8.88. The van der Waals surface area contributed by atoms with Crippen molar-refractivity contribution in [3.05, 3.63) is 0 Å². The molecule has 2 fully saturated rings. The summed E-state index contributed by atoms with van der Waals surface area (Å²) < 4.78 is 23.3. The van der Waals surface area contributed by atoms with Crippen molar-refractivity contribution >= 4 is 15.6 Å². The van der Waals surface area contributed by atoms with Gasteiger partial charge in [0.25, 0.3) is 0 Å². The van der Waals surface area contributed by atoms with Gasteiger partial charge in [0.15, 0.2) is 0 Å². The van der Waals surface area contributed by atoms with Gasteiger partial charge in [-0.1, -0.05) is 26.2 Å². The molecular weight excluding hydrogens is 260 g/mol. The maximum atomic E-state index is 12.6. The summed E-state index contributed by atoms with van der Waals surface area (Å²) in [4.78, 5) is 12.6. The molecule has 3 nitrogen and oxygen atoms in total. The summed E-state index contributed by atoms with van der Waals surface area (Å²) in [5.41, 5.74) is 0. The summed E-state index contributed by atoms with van der Waals surface area (Å²) >= 11 is 0. The van der Waals surface area contributed by atoms with Crippen molar-refractivity contribution in [1.82, 2.24) is 0 Å². The zero-order valence-electron chi connectivity index (χ0n) is 12.1. The second kappa shape index (κ2) is 5.94. The standard InChI is InChI=1S/C15H26O3S/c1-11-5-3-6-12(9-11)15(16)13-7-4-8-14(10-13)19(2,17)18/h11-14H,3-10H2,1-2H3. The molecule has 4 heteroatoms. The van der Waals surface area contributed by atoms with Crippen molar-refractivity contribution in [1.29, 1.82) is 0 Å². The lowest BCUT2D eigenvalue weighted by Crippen LogP contribution is -2.35. The number of sulfone groups is 1. The van der Waals surface area contributed by atoms with Crippen LogP contribution in [0.1, 0.15) is 58.3 Å². The van der Waals surface area contributed by atoms with E-state index in [2.05, 4.69) is 6.92 Å². The van der Waals surface area contributed by atoms with E-state index in [-0.39, 0.29) is 17.1 Å². The van der Waals surface area contributed by atoms with Crippen molar-refractivity contribution in [2.24, 2.45) is 17.8 Å². The summed E-state index contributed by atoms with van der Waals surface area (Å²) in [7, 11) is -2.99. The first-order valence-electron chi connectivity index (χ1n) is 7.60. The summed E-state index contributed by atoms with van der Waals surface area (Å²) in [6.07, 6.45) is 8.83. The Morgan fingerprint density at radius 1 is 0.947 bits per heavy atom. The fourth-order valence-electron chi connectivity index (χ4n) is 3.82. The fraction of sp³-hybridized carbons (Fsp3) is 0.933. The topological polar surface area (TPSA) is 51.2 Å². The van der Waals surface area contributed by atoms with Gasteiger partial charge in [-0.15, -0.1) is 0 Å². The first-order valence-corrected chi connectivity index (χ1v) is 9.56. The van der Waals surface area contributed by atoms with E-state index in [0.717, 1.165) is 38.5 Å². The van der Waals surface area contributed by atoms with Gasteiger partial charge in [-0.25, -0.2) is 8.42 Å². The lowest BCUT2D eigenvalue weighted by molar-refractivity contribution is -0.129. The molecule has 0 aliphatic heterocycles. The van der Waals surface area contributed by atoms with Gasteiger partial charge >= 0.3 is 0 Å². The highest BCUT2D eigenvalue weighted by atomic mass is 32.2. The van der Waals surface area contributed by atoms with E-state index >= 15 is 0 Å². The summed E-state index contributed by atoms with van der Waals surface area (Å²) in [5.74, 6) is 1.22. The quantitative estimate of drug-likeness (QED) is 0.801. The van der Waals surface area contributed by atoms with Crippen LogP contribution in [0.2, 0.25) is 0 Å². The van der Waals surface area contributed by atoms with E-state index in [4.69, 9.17) is 0 Å². The van der Waals surface area contributed by atoms with Crippen LogP contribution in [0, 0.1) is 17.8 Å². The van der Waals surface area contributed by atoms with Gasteiger partial charge in [-0.05, 0) is 38.0 Å². The molecule has 19 heavy (non-hydrogen) atoms. The highest BCUT2D eigenvalue weighted by molar-refractivity contribution is 7.91. The highest BCUT2D eigenvalue weighted by Crippen LogP contribution is 2.36. The molecule has 0 amide bonds. The van der Waals surface area contributed by atoms with Gasteiger partial charge in [-0.2, -0.15) is 0 Å². The minimum Gasteiger partial charge on any atom is -0.299 e. The molecule has 0 aromatic heterocycles. The number of hydrogen-bond donors (Lipinski definition) is 0. The van der Waals surface area contributed by atoms with Gasteiger partial charge in [0, 0.05) is 18.1 Å². The molecule has 0 spiro atoms. The number of carbonyl (C=O) groups is 1. The average molecular weight is 286 g/mol. The molecule has 110 valence electrons. The van der Waals surface area contributed by atoms with Crippen molar-refractivity contribution in [2.45, 2.75) is 63.5 Å². The predicted octanol–water partition coefficient (Wildman–Crippen LogP) is 2.99. The van der Waals surface area contributed by atoms with E-state index < -0.39 is 9.84 Å². The molecule has 0 saturated heterocycles. The maximum absolute atomic E-state index is 12.6. The normalized spacial score (nSPS) is 36.9. The SMILES string of the molecule is CC1CCCC(C(=O)C2CCCC(S(C)(=O)=O)C2)C1. The average Bonchev–Trinajstić information content (AvgIpc) is 2.37. The van der Waals surface area contributed by atoms with E-state index in [1.807, 2.05) is 0 Å². The largest absolute Gasteiger partial charge is 0.299 e. The van der Waals surface area contributed by atoms with Gasteiger partial charge in [-0.3, -0.25) is 4.79 Å². The van der Waals surface area contributed by atoms with Gasteiger partial charge in [0.05, 0.1) is 5.25 Å². The minimum atomic E-state index is -2.99. The van der Waals surface area contributed by atoms with Crippen LogP contribution >= 0.6 is 0 Å². The molecular formula is C15H26O3S. The fourth-order valence-corrected chi connectivity index (χ4v) is 4.99. The lowest BCUT2D eigenvalue weighted by atomic mass is 9.74. The van der Waals surface area contributed by atoms with Gasteiger partial charge < -0.3 is 0 Å². The van der Waals surface area contributed by atoms with Crippen LogP contribution < -0.4 is 0 Å². The second-order valence-electron chi connectivity index (χ2n) is 6.69. The van der Waals surface area contributed by atoms with Crippen LogP contribution in [0.3, 0.4) is 0 Å². The molecule has 4 unspecified atom stereocenters. The maximum Gasteiger partial charge on any atom is 0.150 e. The van der Waals surface area contributed by atoms with Crippen LogP contribution in [-0.4, -0.2) is 25.7 Å². The monoisotopic (exact) mass is 286 g/mol. The Bertz CT molecular complexity index is 427. The number of Topliss-reactive ketones (excluding diaryl/α,β-unsaturated/α-hetero) is 1. The van der Waals surface area contributed by atoms with E-state index in [1.54, 1.807) is 0 Å². The predicted molar refractivity (Wildman–Crippen MR) is 76.7 cm³/mol. The molecule has 0 heterocycles. The van der Waals surface area contributed by atoms with Crippen molar-refractivity contribution in [3.8, 4) is 0 Å². The summed E-state index contributed by atoms with van der Waals surface area (Å²) in [6.45, 7) is 2.22. The zero-order valence-corrected chi connectivity index (χ0v) is 12.9. The number of ketones is 1. The van der Waals surface area contributed by atoms with Crippen molar-refractivity contribution in [2.75, 3.05) is 6.26 Å². The summed E-state index contributed by atoms with van der Waals surface area (Å²) in [6, 6.07) is 0. The molecule has 0 N–H and O–H groups in total. The zero-order chi connectivity index (χ0) is 14.0. The van der Waals surface area contributed by atoms with Crippen LogP contribution in [0.5, 0.6) is 0 Å². The molecule has 4 atom stereocenters. The highest BCUT2D eigenvalue weighted by Gasteiger charge is 2.36. The number of rotatable bonds is 3. The molecule has 2 saturated carbocycles. The smallest absolute Gasteiger partial charge is 0.150 e. The van der Waals surface area contributed by atoms with E-state index in [0.29, 0.717) is 18.1 Å². The molecule has 0 radical (unpaired) electrons. The first kappa shape index (κ1) is 15.0. The van der Waals surface area contributed by atoms with E-state index in [9.17, 15) is 13.2 Å². The molecule has 0 bridgehead atoms. The summed E-state index contributed by atoms with van der Waals surface area (Å²) in [5, 5.41) is -0.281. The lowest BCUT2D eigenvalue weighted by Gasteiger charge is -2.32. The van der Waals surface area contributed by atoms with Crippen LogP contribution in [0.25, 0.3) is 0 Å². The van der Waals surface area contributed by atoms with Crippen LogP contribution in [0.4, 0.5) is 0 Å². The Morgan fingerprint density at radius 2 is 1.53 bits per heavy atom. The number of carbonyl (C=O) groups excluding carboxylic acids is 1. The Labute approximate surface area is 117 Å². The van der Waals surface area contributed by atoms with Crippen molar-refractivity contribution < 1.29 is 13.2 Å². The third kappa shape index (κ3) is 3.80. The molecule has 0 aromatic carbocycles. The number of hydrogen-bond acceptors (Lipinski definition) is 3.